The second-order valence-electron chi connectivity index (χ2n) is 4.20. The van der Waals surface area contributed by atoms with E-state index < -0.39 is 17.8 Å². The summed E-state index contributed by atoms with van der Waals surface area (Å²) >= 11 is 0. The van der Waals surface area contributed by atoms with Gasteiger partial charge in [0.25, 0.3) is 11.8 Å². The maximum absolute atomic E-state index is 11.5. The van der Waals surface area contributed by atoms with Crippen LogP contribution in [0, 0.1) is 13.8 Å². The number of nitrogens with one attached hydrogen (secondary N) is 2. The van der Waals surface area contributed by atoms with Crippen LogP contribution in [0.5, 0.6) is 5.75 Å². The van der Waals surface area contributed by atoms with Crippen molar-refractivity contribution in [3.8, 4) is 5.75 Å². The fourth-order valence-corrected chi connectivity index (χ4v) is 1.38. The van der Waals surface area contributed by atoms with Gasteiger partial charge in [-0.25, -0.2) is 4.79 Å². The minimum atomic E-state index is -1.25. The van der Waals surface area contributed by atoms with Gasteiger partial charge in [0.1, 0.15) is 5.75 Å². The zero-order chi connectivity index (χ0) is 15.8. The topological polar surface area (TPSA) is 105 Å². The van der Waals surface area contributed by atoms with Crippen molar-refractivity contribution in [2.24, 2.45) is 0 Å². The second kappa shape index (κ2) is 7.68. The third-order valence-electron chi connectivity index (χ3n) is 2.62. The van der Waals surface area contributed by atoms with Crippen molar-refractivity contribution in [1.29, 1.82) is 0 Å². The number of hydrogen-bond acceptors (Lipinski definition) is 4. The fourth-order valence-electron chi connectivity index (χ4n) is 1.38. The summed E-state index contributed by atoms with van der Waals surface area (Å²) in [7, 11) is 0. The normalized spacial score (nSPS) is 10.2. The van der Waals surface area contributed by atoms with Crippen molar-refractivity contribution in [1.82, 2.24) is 10.9 Å². The molecule has 112 valence electrons. The van der Waals surface area contributed by atoms with E-state index in [9.17, 15) is 14.4 Å². The molecule has 1 aromatic carbocycles. The Morgan fingerprint density at radius 2 is 1.90 bits per heavy atom. The number of hydrazine groups is 1. The molecule has 21 heavy (non-hydrogen) atoms. The van der Waals surface area contributed by atoms with Gasteiger partial charge in [0, 0.05) is 12.2 Å². The molecule has 0 radical (unpaired) electrons. The Morgan fingerprint density at radius 3 is 2.57 bits per heavy atom. The molecule has 3 N–H and O–H groups in total. The van der Waals surface area contributed by atoms with Crippen LogP contribution in [0.15, 0.2) is 30.4 Å². The van der Waals surface area contributed by atoms with E-state index in [-0.39, 0.29) is 6.61 Å². The summed E-state index contributed by atoms with van der Waals surface area (Å²) in [6.07, 6.45) is 1.45. The van der Waals surface area contributed by atoms with Gasteiger partial charge >= 0.3 is 5.97 Å². The molecule has 0 saturated heterocycles. The fraction of sp³-hybridized carbons (Fsp3) is 0.214. The molecular weight excluding hydrogens is 276 g/mol. The van der Waals surface area contributed by atoms with Crippen LogP contribution in [0.1, 0.15) is 11.1 Å². The van der Waals surface area contributed by atoms with Crippen LogP contribution in [0.4, 0.5) is 0 Å². The van der Waals surface area contributed by atoms with Crippen LogP contribution in [-0.2, 0) is 14.4 Å². The van der Waals surface area contributed by atoms with E-state index in [0.29, 0.717) is 11.8 Å². The summed E-state index contributed by atoms with van der Waals surface area (Å²) in [6, 6.07) is 5.48. The van der Waals surface area contributed by atoms with Crippen molar-refractivity contribution in [3.63, 3.8) is 0 Å². The molecule has 0 aliphatic carbocycles. The Labute approximate surface area is 121 Å². The van der Waals surface area contributed by atoms with E-state index in [1.165, 1.54) is 0 Å². The molecule has 1 aromatic rings. The molecule has 0 spiro atoms. The highest BCUT2D eigenvalue weighted by Crippen LogP contribution is 2.20. The lowest BCUT2D eigenvalue weighted by Gasteiger charge is -2.11. The minimum absolute atomic E-state index is 0.271. The van der Waals surface area contributed by atoms with Crippen molar-refractivity contribution >= 4 is 17.8 Å². The predicted molar refractivity (Wildman–Crippen MR) is 74.5 cm³/mol. The Balaban J connectivity index is 2.39. The molecule has 0 saturated carbocycles. The van der Waals surface area contributed by atoms with Crippen molar-refractivity contribution in [2.45, 2.75) is 13.8 Å². The summed E-state index contributed by atoms with van der Waals surface area (Å²) in [5.41, 5.74) is 6.11. The lowest BCUT2D eigenvalue weighted by molar-refractivity contribution is -0.131. The summed E-state index contributed by atoms with van der Waals surface area (Å²) in [5, 5.41) is 8.32. The lowest BCUT2D eigenvalue weighted by Crippen LogP contribution is -2.43. The van der Waals surface area contributed by atoms with Crippen LogP contribution in [0.25, 0.3) is 0 Å². The zero-order valence-corrected chi connectivity index (χ0v) is 11.7. The number of carbonyl (C=O) groups excluding carboxylic acids is 2. The number of aliphatic carboxylic acids is 1. The van der Waals surface area contributed by atoms with Gasteiger partial charge in [-0.1, -0.05) is 12.1 Å². The average Bonchev–Trinajstić information content (AvgIpc) is 2.44. The monoisotopic (exact) mass is 292 g/mol. The second-order valence-corrected chi connectivity index (χ2v) is 4.20. The van der Waals surface area contributed by atoms with Gasteiger partial charge < -0.3 is 9.84 Å². The molecule has 2 amide bonds. The van der Waals surface area contributed by atoms with Gasteiger partial charge in [-0.2, -0.15) is 0 Å². The first-order valence-corrected chi connectivity index (χ1v) is 6.09. The first-order valence-electron chi connectivity index (χ1n) is 6.09. The van der Waals surface area contributed by atoms with Crippen LogP contribution >= 0.6 is 0 Å². The standard InChI is InChI=1S/C14H16N2O5/c1-9-4-3-5-11(10(9)2)21-8-13(18)16-15-12(17)6-7-14(19)20/h3-7H,8H2,1-2H3,(H,15,17)(H,16,18)(H,19,20)/b7-6+. The molecule has 0 fully saturated rings. The zero-order valence-electron chi connectivity index (χ0n) is 11.7. The van der Waals surface area contributed by atoms with E-state index >= 15 is 0 Å². The van der Waals surface area contributed by atoms with Gasteiger partial charge in [0.15, 0.2) is 6.61 Å². The molecule has 0 bridgehead atoms. The molecule has 0 atom stereocenters. The maximum atomic E-state index is 11.5. The van der Waals surface area contributed by atoms with Gasteiger partial charge in [-0.05, 0) is 31.0 Å². The van der Waals surface area contributed by atoms with Crippen molar-refractivity contribution in [3.05, 3.63) is 41.5 Å². The SMILES string of the molecule is Cc1cccc(OCC(=O)NNC(=O)/C=C/C(=O)O)c1C. The van der Waals surface area contributed by atoms with Crippen LogP contribution in [0.2, 0.25) is 0 Å². The van der Waals surface area contributed by atoms with Gasteiger partial charge in [-0.15, -0.1) is 0 Å². The first kappa shape index (κ1) is 16.2. The number of carboxylic acid groups (broad SMARTS) is 1. The van der Waals surface area contributed by atoms with Crippen molar-refractivity contribution < 1.29 is 24.2 Å². The summed E-state index contributed by atoms with van der Waals surface area (Å²) in [6.45, 7) is 3.53. The Bertz CT molecular complexity index is 581. The van der Waals surface area contributed by atoms with E-state index in [2.05, 4.69) is 5.43 Å². The molecule has 7 nitrogen and oxygen atoms in total. The molecule has 0 unspecified atom stereocenters. The Morgan fingerprint density at radius 1 is 1.19 bits per heavy atom. The highest BCUT2D eigenvalue weighted by atomic mass is 16.5. The molecular formula is C14H16N2O5. The minimum Gasteiger partial charge on any atom is -0.483 e. The molecule has 0 heterocycles. The van der Waals surface area contributed by atoms with Gasteiger partial charge in [0.2, 0.25) is 0 Å². The largest absolute Gasteiger partial charge is 0.483 e. The number of aryl methyl sites for hydroxylation is 1. The summed E-state index contributed by atoms with van der Waals surface area (Å²) < 4.78 is 5.33. The van der Waals surface area contributed by atoms with Gasteiger partial charge in [-0.3, -0.25) is 20.4 Å². The highest BCUT2D eigenvalue weighted by molar-refractivity contribution is 5.94. The van der Waals surface area contributed by atoms with Crippen LogP contribution in [-0.4, -0.2) is 29.5 Å². The summed E-state index contributed by atoms with van der Waals surface area (Å²) in [4.78, 5) is 32.8. The number of hydrogen-bond donors (Lipinski definition) is 3. The summed E-state index contributed by atoms with van der Waals surface area (Å²) in [5.74, 6) is -1.98. The molecule has 1 rings (SSSR count). The van der Waals surface area contributed by atoms with E-state index in [1.54, 1.807) is 6.07 Å². The number of benzene rings is 1. The maximum Gasteiger partial charge on any atom is 0.328 e. The average molecular weight is 292 g/mol. The quantitative estimate of drug-likeness (QED) is 0.540. The molecule has 7 heteroatoms. The molecule has 0 aliphatic rings. The van der Waals surface area contributed by atoms with E-state index in [0.717, 1.165) is 17.2 Å². The Kier molecular flexibility index (Phi) is 5.94. The highest BCUT2D eigenvalue weighted by Gasteiger charge is 2.06. The molecule has 0 aromatic heterocycles. The van der Waals surface area contributed by atoms with E-state index in [4.69, 9.17) is 9.84 Å². The number of ether oxygens (including phenoxy) is 1. The molecule has 0 aliphatic heterocycles. The van der Waals surface area contributed by atoms with Gasteiger partial charge in [0.05, 0.1) is 0 Å². The smallest absolute Gasteiger partial charge is 0.328 e. The first-order chi connectivity index (χ1) is 9.90. The van der Waals surface area contributed by atoms with Crippen LogP contribution in [0.3, 0.4) is 0 Å². The van der Waals surface area contributed by atoms with Crippen molar-refractivity contribution in [2.75, 3.05) is 6.61 Å². The lowest BCUT2D eigenvalue weighted by atomic mass is 10.1. The third kappa shape index (κ3) is 5.77. The number of carbonyl (C=O) groups is 3. The number of carboxylic acids is 1. The number of rotatable bonds is 5. The third-order valence-corrected chi connectivity index (χ3v) is 2.62. The van der Waals surface area contributed by atoms with Crippen LogP contribution < -0.4 is 15.6 Å². The van der Waals surface area contributed by atoms with E-state index in [1.807, 2.05) is 31.4 Å². The Hall–Kier alpha value is -2.83. The number of amides is 2. The predicted octanol–water partition coefficient (Wildman–Crippen LogP) is 0.470.